The molecule has 0 saturated heterocycles. The molecule has 20 heavy (non-hydrogen) atoms. The van der Waals surface area contributed by atoms with Crippen molar-refractivity contribution in [3.63, 3.8) is 0 Å². The van der Waals surface area contributed by atoms with E-state index in [9.17, 15) is 8.78 Å². The molecule has 0 saturated carbocycles. The summed E-state index contributed by atoms with van der Waals surface area (Å²) in [6.45, 7) is -0.0684. The lowest BCUT2D eigenvalue weighted by molar-refractivity contribution is 0.295. The molecule has 1 nitrogen and oxygen atoms in total. The van der Waals surface area contributed by atoms with Gasteiger partial charge in [0.1, 0.15) is 24.0 Å². The average molecular weight is 426 g/mol. The Hall–Kier alpha value is -0.650. The first kappa shape index (κ1) is 15.7. The number of halogens is 5. The van der Waals surface area contributed by atoms with Crippen molar-refractivity contribution in [2.24, 2.45) is 0 Å². The molecular formula is C14H9Br2ClF2O. The quantitative estimate of drug-likeness (QED) is 0.561. The molecule has 0 radical (unpaired) electrons. The minimum Gasteiger partial charge on any atom is -0.486 e. The Kier molecular flexibility index (Phi) is 5.41. The molecular weight excluding hydrogens is 417 g/mol. The van der Waals surface area contributed by atoms with Gasteiger partial charge in [0, 0.05) is 11.4 Å². The molecule has 0 bridgehead atoms. The van der Waals surface area contributed by atoms with E-state index in [0.29, 0.717) is 20.6 Å². The van der Waals surface area contributed by atoms with Crippen LogP contribution in [-0.4, -0.2) is 0 Å². The third-order valence-electron chi connectivity index (χ3n) is 2.59. The first-order chi connectivity index (χ1) is 9.51. The van der Waals surface area contributed by atoms with Crippen LogP contribution in [0.15, 0.2) is 39.3 Å². The number of rotatable bonds is 4. The molecule has 0 atom stereocenters. The lowest BCUT2D eigenvalue weighted by Crippen LogP contribution is -2.00. The highest BCUT2D eigenvalue weighted by Gasteiger charge is 2.11. The van der Waals surface area contributed by atoms with Gasteiger partial charge in [0.15, 0.2) is 0 Å². The van der Waals surface area contributed by atoms with Crippen LogP contribution in [0.25, 0.3) is 0 Å². The third kappa shape index (κ3) is 3.71. The molecule has 0 N–H and O–H groups in total. The van der Waals surface area contributed by atoms with E-state index in [0.717, 1.165) is 23.8 Å². The van der Waals surface area contributed by atoms with Gasteiger partial charge in [0.2, 0.25) is 0 Å². The summed E-state index contributed by atoms with van der Waals surface area (Å²) in [5, 5.41) is 0. The third-order valence-corrected chi connectivity index (χ3v) is 4.08. The molecule has 2 aromatic carbocycles. The monoisotopic (exact) mass is 424 g/mol. The van der Waals surface area contributed by atoms with Crippen LogP contribution in [0.3, 0.4) is 0 Å². The lowest BCUT2D eigenvalue weighted by atomic mass is 10.2. The van der Waals surface area contributed by atoms with Gasteiger partial charge in [-0.05, 0) is 67.8 Å². The number of alkyl halides is 1. The van der Waals surface area contributed by atoms with Crippen LogP contribution < -0.4 is 4.74 Å². The Morgan fingerprint density at radius 2 is 1.70 bits per heavy atom. The highest BCUT2D eigenvalue weighted by molar-refractivity contribution is 9.11. The highest BCUT2D eigenvalue weighted by atomic mass is 79.9. The van der Waals surface area contributed by atoms with Crippen LogP contribution in [0.4, 0.5) is 8.78 Å². The molecule has 0 aliphatic rings. The van der Waals surface area contributed by atoms with Crippen LogP contribution in [0.2, 0.25) is 0 Å². The fraction of sp³-hybridized carbons (Fsp3) is 0.143. The number of hydrogen-bond donors (Lipinski definition) is 0. The van der Waals surface area contributed by atoms with E-state index < -0.39 is 11.6 Å². The summed E-state index contributed by atoms with van der Waals surface area (Å²) in [6, 6.07) is 6.89. The largest absolute Gasteiger partial charge is 0.486 e. The molecule has 0 fully saturated rings. The zero-order valence-electron chi connectivity index (χ0n) is 10.1. The molecule has 0 aliphatic carbocycles. The minimum atomic E-state index is -0.504. The van der Waals surface area contributed by atoms with Crippen molar-refractivity contribution in [3.05, 3.63) is 62.0 Å². The second kappa shape index (κ2) is 6.87. The maximum atomic E-state index is 13.5. The maximum absolute atomic E-state index is 13.5. The summed E-state index contributed by atoms with van der Waals surface area (Å²) in [7, 11) is 0. The molecule has 0 aliphatic heterocycles. The Labute approximate surface area is 137 Å². The molecule has 106 valence electrons. The molecule has 0 amide bonds. The van der Waals surface area contributed by atoms with E-state index in [1.165, 1.54) is 0 Å². The summed E-state index contributed by atoms with van der Waals surface area (Å²) in [5.41, 5.74) is 1.07. The molecule has 0 aromatic heterocycles. The first-order valence-corrected chi connectivity index (χ1v) is 7.74. The minimum absolute atomic E-state index is 0.0684. The van der Waals surface area contributed by atoms with Gasteiger partial charge in [-0.15, -0.1) is 11.6 Å². The smallest absolute Gasteiger partial charge is 0.148 e. The van der Waals surface area contributed by atoms with Gasteiger partial charge < -0.3 is 4.74 Å². The number of ether oxygens (including phenoxy) is 1. The first-order valence-electron chi connectivity index (χ1n) is 5.62. The molecule has 2 rings (SSSR count). The molecule has 0 unspecified atom stereocenters. The summed E-state index contributed by atoms with van der Waals surface area (Å²) < 4.78 is 33.5. The van der Waals surface area contributed by atoms with Gasteiger partial charge >= 0.3 is 0 Å². The standard InChI is InChI=1S/C14H9Br2ClF2O/c15-11-3-8(6-17)4-12(16)14(11)20-7-9-5-10(18)1-2-13(9)19/h1-5H,6-7H2. The summed E-state index contributed by atoms with van der Waals surface area (Å²) in [6.07, 6.45) is 0. The SMILES string of the molecule is Fc1ccc(F)c(COc2c(Br)cc(CCl)cc2Br)c1. The second-order valence-corrected chi connectivity index (χ2v) is 6.02. The number of benzene rings is 2. The van der Waals surface area contributed by atoms with Gasteiger partial charge in [-0.1, -0.05) is 0 Å². The summed E-state index contributed by atoms with van der Waals surface area (Å²) >= 11 is 12.5. The van der Waals surface area contributed by atoms with E-state index >= 15 is 0 Å². The van der Waals surface area contributed by atoms with Crippen LogP contribution in [0.5, 0.6) is 5.75 Å². The van der Waals surface area contributed by atoms with Gasteiger partial charge in [0.25, 0.3) is 0 Å². The second-order valence-electron chi connectivity index (χ2n) is 4.05. The van der Waals surface area contributed by atoms with Gasteiger partial charge in [-0.25, -0.2) is 8.78 Å². The predicted molar refractivity (Wildman–Crippen MR) is 82.1 cm³/mol. The average Bonchev–Trinajstić information content (AvgIpc) is 2.41. The zero-order chi connectivity index (χ0) is 14.7. The van der Waals surface area contributed by atoms with E-state index in [1.54, 1.807) is 0 Å². The lowest BCUT2D eigenvalue weighted by Gasteiger charge is -2.12. The van der Waals surface area contributed by atoms with E-state index in [-0.39, 0.29) is 12.2 Å². The normalized spacial score (nSPS) is 10.7. The van der Waals surface area contributed by atoms with Crippen LogP contribution >= 0.6 is 43.5 Å². The summed E-state index contributed by atoms with van der Waals surface area (Å²) in [4.78, 5) is 0. The Morgan fingerprint density at radius 1 is 1.05 bits per heavy atom. The van der Waals surface area contributed by atoms with Crippen molar-refractivity contribution in [1.29, 1.82) is 0 Å². The number of hydrogen-bond acceptors (Lipinski definition) is 1. The van der Waals surface area contributed by atoms with Crippen molar-refractivity contribution in [2.75, 3.05) is 0 Å². The van der Waals surface area contributed by atoms with Crippen LogP contribution in [0, 0.1) is 11.6 Å². The molecule has 0 heterocycles. The molecule has 2 aromatic rings. The van der Waals surface area contributed by atoms with Gasteiger partial charge in [-0.3, -0.25) is 0 Å². The fourth-order valence-corrected chi connectivity index (χ4v) is 3.30. The van der Waals surface area contributed by atoms with E-state index in [1.807, 2.05) is 12.1 Å². The Morgan fingerprint density at radius 3 is 2.30 bits per heavy atom. The topological polar surface area (TPSA) is 9.23 Å². The van der Waals surface area contributed by atoms with Gasteiger partial charge in [0.05, 0.1) is 8.95 Å². The van der Waals surface area contributed by atoms with Crippen molar-refractivity contribution in [1.82, 2.24) is 0 Å². The van der Waals surface area contributed by atoms with Crippen LogP contribution in [-0.2, 0) is 12.5 Å². The van der Waals surface area contributed by atoms with Crippen molar-refractivity contribution in [3.8, 4) is 5.75 Å². The van der Waals surface area contributed by atoms with Gasteiger partial charge in [-0.2, -0.15) is 0 Å². The Bertz CT molecular complexity index is 612. The van der Waals surface area contributed by atoms with Crippen molar-refractivity contribution < 1.29 is 13.5 Å². The zero-order valence-corrected chi connectivity index (χ0v) is 14.0. The van der Waals surface area contributed by atoms with E-state index in [4.69, 9.17) is 16.3 Å². The predicted octanol–water partition coefficient (Wildman–Crippen LogP) is 5.81. The molecule has 0 spiro atoms. The highest BCUT2D eigenvalue weighted by Crippen LogP contribution is 2.35. The summed E-state index contributed by atoms with van der Waals surface area (Å²) in [5.74, 6) is -0.116. The molecule has 6 heteroatoms. The van der Waals surface area contributed by atoms with Crippen LogP contribution in [0.1, 0.15) is 11.1 Å². The Balaban J connectivity index is 2.21. The fourth-order valence-electron chi connectivity index (χ4n) is 1.63. The van der Waals surface area contributed by atoms with Crippen molar-refractivity contribution >= 4 is 43.5 Å². The van der Waals surface area contributed by atoms with Crippen molar-refractivity contribution in [2.45, 2.75) is 12.5 Å². The maximum Gasteiger partial charge on any atom is 0.148 e. The van der Waals surface area contributed by atoms with E-state index in [2.05, 4.69) is 31.9 Å².